The number of anilines is 1. The van der Waals surface area contributed by atoms with Crippen LogP contribution in [0.25, 0.3) is 0 Å². The van der Waals surface area contributed by atoms with E-state index in [9.17, 15) is 4.91 Å². The molecule has 5 heteroatoms. The summed E-state index contributed by atoms with van der Waals surface area (Å²) in [5.74, 6) is 1.42. The molecule has 0 unspecified atom stereocenters. The second kappa shape index (κ2) is 4.69. The maximum absolute atomic E-state index is 10.4. The molecule has 0 aromatic heterocycles. The molecule has 88 valence electrons. The van der Waals surface area contributed by atoms with Gasteiger partial charge in [-0.05, 0) is 17.3 Å². The quantitative estimate of drug-likeness (QED) is 0.750. The van der Waals surface area contributed by atoms with Crippen LogP contribution in [0, 0.1) is 4.91 Å². The van der Waals surface area contributed by atoms with Crippen LogP contribution in [-0.2, 0) is 0 Å². The lowest BCUT2D eigenvalue weighted by Crippen LogP contribution is -2.19. The Morgan fingerprint density at radius 3 is 2.76 bits per heavy atom. The Morgan fingerprint density at radius 1 is 1.29 bits per heavy atom. The van der Waals surface area contributed by atoms with Crippen LogP contribution >= 0.6 is 0 Å². The SMILES string of the molecule is COc1ccccc1N1C=CN(C)/C1=C\N=O. The number of ether oxygens (including phenoxy) is 1. The number of hydrogen-bond acceptors (Lipinski definition) is 5. The van der Waals surface area contributed by atoms with Gasteiger partial charge in [0.25, 0.3) is 0 Å². The molecule has 0 atom stereocenters. The lowest BCUT2D eigenvalue weighted by Gasteiger charge is -2.22. The van der Waals surface area contributed by atoms with E-state index in [4.69, 9.17) is 4.74 Å². The third-order valence-electron chi connectivity index (χ3n) is 2.56. The molecular weight excluding hydrogens is 218 g/mol. The van der Waals surface area contributed by atoms with Gasteiger partial charge in [0.1, 0.15) is 17.8 Å². The van der Waals surface area contributed by atoms with Crippen LogP contribution in [-0.4, -0.2) is 19.1 Å². The van der Waals surface area contributed by atoms with Gasteiger partial charge in [-0.15, -0.1) is 4.91 Å². The summed E-state index contributed by atoms with van der Waals surface area (Å²) in [5, 5.41) is 2.82. The summed E-state index contributed by atoms with van der Waals surface area (Å²) in [6.07, 6.45) is 4.98. The summed E-state index contributed by atoms with van der Waals surface area (Å²) in [7, 11) is 3.46. The zero-order valence-corrected chi connectivity index (χ0v) is 9.70. The first-order valence-corrected chi connectivity index (χ1v) is 5.14. The minimum atomic E-state index is 0.685. The van der Waals surface area contributed by atoms with Crippen LogP contribution in [0.3, 0.4) is 0 Å². The molecule has 1 heterocycles. The minimum Gasteiger partial charge on any atom is -0.495 e. The zero-order valence-electron chi connectivity index (χ0n) is 9.70. The van der Waals surface area contributed by atoms with Crippen LogP contribution in [0.4, 0.5) is 5.69 Å². The van der Waals surface area contributed by atoms with Gasteiger partial charge >= 0.3 is 0 Å². The van der Waals surface area contributed by atoms with Crippen molar-refractivity contribution in [3.05, 3.63) is 53.6 Å². The molecule has 0 saturated carbocycles. The van der Waals surface area contributed by atoms with E-state index in [1.807, 2.05) is 53.5 Å². The van der Waals surface area contributed by atoms with Gasteiger partial charge in [-0.1, -0.05) is 12.1 Å². The molecule has 0 fully saturated rings. The predicted octanol–water partition coefficient (Wildman–Crippen LogP) is 2.48. The van der Waals surface area contributed by atoms with Gasteiger partial charge in [-0.2, -0.15) is 0 Å². The summed E-state index contributed by atoms with van der Waals surface area (Å²) in [6.45, 7) is 0. The second-order valence-electron chi connectivity index (χ2n) is 3.54. The summed E-state index contributed by atoms with van der Waals surface area (Å²) >= 11 is 0. The molecule has 1 aliphatic rings. The average molecular weight is 231 g/mol. The number of nitrogens with zero attached hydrogens (tertiary/aromatic N) is 3. The van der Waals surface area contributed by atoms with E-state index in [-0.39, 0.29) is 0 Å². The standard InChI is InChI=1S/C12H13N3O2/c1-14-7-8-15(12(14)9-13-16)10-5-3-4-6-11(10)17-2/h3-9H,1-2H3/b12-9+. The van der Waals surface area contributed by atoms with Gasteiger partial charge in [0.15, 0.2) is 0 Å². The number of hydrogen-bond donors (Lipinski definition) is 0. The molecule has 0 bridgehead atoms. The topological polar surface area (TPSA) is 45.1 Å². The highest BCUT2D eigenvalue weighted by Crippen LogP contribution is 2.33. The van der Waals surface area contributed by atoms with E-state index >= 15 is 0 Å². The number of rotatable bonds is 3. The van der Waals surface area contributed by atoms with Crippen LogP contribution in [0.15, 0.2) is 53.9 Å². The van der Waals surface area contributed by atoms with Crippen molar-refractivity contribution >= 4 is 5.69 Å². The van der Waals surface area contributed by atoms with Crippen LogP contribution in [0.2, 0.25) is 0 Å². The van der Waals surface area contributed by atoms with E-state index in [0.29, 0.717) is 5.82 Å². The van der Waals surface area contributed by atoms with Gasteiger partial charge in [0.2, 0.25) is 0 Å². The first-order chi connectivity index (χ1) is 8.27. The summed E-state index contributed by atoms with van der Waals surface area (Å²) < 4.78 is 5.29. The molecule has 0 saturated heterocycles. The van der Waals surface area contributed by atoms with Crippen molar-refractivity contribution in [2.75, 3.05) is 19.1 Å². The molecule has 0 aliphatic carbocycles. The van der Waals surface area contributed by atoms with E-state index < -0.39 is 0 Å². The zero-order chi connectivity index (χ0) is 12.3. The number of nitroso groups, excluding NO2 is 1. The third kappa shape index (κ3) is 1.99. The van der Waals surface area contributed by atoms with E-state index in [1.54, 1.807) is 7.11 Å². The highest BCUT2D eigenvalue weighted by molar-refractivity contribution is 5.65. The molecule has 0 amide bonds. The lowest BCUT2D eigenvalue weighted by atomic mass is 10.2. The number of benzene rings is 1. The van der Waals surface area contributed by atoms with E-state index in [1.165, 1.54) is 6.20 Å². The summed E-state index contributed by atoms with van der Waals surface area (Å²) in [4.78, 5) is 14.1. The fourth-order valence-corrected chi connectivity index (χ4v) is 1.72. The Balaban J connectivity index is 2.43. The predicted molar refractivity (Wildman–Crippen MR) is 66.3 cm³/mol. The fourth-order valence-electron chi connectivity index (χ4n) is 1.72. The molecule has 0 spiro atoms. The molecule has 2 rings (SSSR count). The Morgan fingerprint density at radius 2 is 2.06 bits per heavy atom. The molecule has 1 aromatic carbocycles. The van der Waals surface area contributed by atoms with Gasteiger partial charge in [0.05, 0.1) is 12.8 Å². The Labute approximate surface area is 99.6 Å². The molecule has 1 aliphatic heterocycles. The second-order valence-corrected chi connectivity index (χ2v) is 3.54. The Bertz CT molecular complexity index is 482. The maximum atomic E-state index is 10.4. The Hall–Kier alpha value is -2.30. The van der Waals surface area contributed by atoms with E-state index in [0.717, 1.165) is 11.4 Å². The first kappa shape index (κ1) is 11.2. The third-order valence-corrected chi connectivity index (χ3v) is 2.56. The molecule has 0 radical (unpaired) electrons. The highest BCUT2D eigenvalue weighted by atomic mass is 16.5. The molecule has 17 heavy (non-hydrogen) atoms. The van der Waals surface area contributed by atoms with Gasteiger partial charge < -0.3 is 9.64 Å². The van der Waals surface area contributed by atoms with Crippen LogP contribution in [0.5, 0.6) is 5.75 Å². The van der Waals surface area contributed by atoms with Crippen molar-refractivity contribution in [3.8, 4) is 5.75 Å². The smallest absolute Gasteiger partial charge is 0.142 e. The van der Waals surface area contributed by atoms with Crippen LogP contribution in [0.1, 0.15) is 0 Å². The average Bonchev–Trinajstić information content (AvgIpc) is 2.72. The Kier molecular flexibility index (Phi) is 3.09. The van der Waals surface area contributed by atoms with Crippen molar-refractivity contribution < 1.29 is 4.74 Å². The lowest BCUT2D eigenvalue weighted by molar-refractivity contribution is 0.415. The molecular formula is C12H13N3O2. The largest absolute Gasteiger partial charge is 0.495 e. The van der Waals surface area contributed by atoms with Gasteiger partial charge in [-0.3, -0.25) is 4.90 Å². The number of para-hydroxylation sites is 2. The monoisotopic (exact) mass is 231 g/mol. The van der Waals surface area contributed by atoms with Crippen molar-refractivity contribution in [1.82, 2.24) is 4.90 Å². The highest BCUT2D eigenvalue weighted by Gasteiger charge is 2.20. The molecule has 5 nitrogen and oxygen atoms in total. The molecule has 0 N–H and O–H groups in total. The summed E-state index contributed by atoms with van der Waals surface area (Å²) in [5.41, 5.74) is 0.866. The van der Waals surface area contributed by atoms with Crippen molar-refractivity contribution in [1.29, 1.82) is 0 Å². The van der Waals surface area contributed by atoms with Gasteiger partial charge in [-0.25, -0.2) is 0 Å². The maximum Gasteiger partial charge on any atom is 0.142 e. The normalized spacial score (nSPS) is 16.7. The minimum absolute atomic E-state index is 0.685. The first-order valence-electron chi connectivity index (χ1n) is 5.14. The van der Waals surface area contributed by atoms with Crippen molar-refractivity contribution in [3.63, 3.8) is 0 Å². The van der Waals surface area contributed by atoms with Crippen LogP contribution < -0.4 is 9.64 Å². The fraction of sp³-hybridized carbons (Fsp3) is 0.167. The van der Waals surface area contributed by atoms with Crippen molar-refractivity contribution in [2.24, 2.45) is 5.18 Å². The van der Waals surface area contributed by atoms with Crippen molar-refractivity contribution in [2.45, 2.75) is 0 Å². The van der Waals surface area contributed by atoms with Gasteiger partial charge in [0, 0.05) is 19.4 Å². The number of methoxy groups -OCH3 is 1. The summed E-state index contributed by atoms with van der Waals surface area (Å²) in [6, 6.07) is 7.59. The molecule has 1 aromatic rings. The van der Waals surface area contributed by atoms with E-state index in [2.05, 4.69) is 5.18 Å².